The highest BCUT2D eigenvalue weighted by Gasteiger charge is 2.34. The Bertz CT molecular complexity index is 569. The van der Waals surface area contributed by atoms with Gasteiger partial charge in [-0.3, -0.25) is 9.59 Å². The summed E-state index contributed by atoms with van der Waals surface area (Å²) in [5.41, 5.74) is 3.71. The van der Waals surface area contributed by atoms with Crippen molar-refractivity contribution in [2.24, 2.45) is 5.92 Å². The lowest BCUT2D eigenvalue weighted by Crippen LogP contribution is -2.43. The van der Waals surface area contributed by atoms with Gasteiger partial charge in [-0.25, -0.2) is 0 Å². The molecule has 1 aromatic carbocycles. The second kappa shape index (κ2) is 5.85. The van der Waals surface area contributed by atoms with Crippen LogP contribution in [0.2, 0.25) is 0 Å². The molecule has 0 bridgehead atoms. The van der Waals surface area contributed by atoms with E-state index in [1.807, 2.05) is 6.07 Å². The lowest BCUT2D eigenvalue weighted by atomic mass is 10.0. The van der Waals surface area contributed by atoms with E-state index in [1.54, 1.807) is 0 Å². The summed E-state index contributed by atoms with van der Waals surface area (Å²) in [7, 11) is 0. The maximum Gasteiger partial charge on any atom is 0.311 e. The monoisotopic (exact) mass is 289 g/mol. The van der Waals surface area contributed by atoms with Gasteiger partial charge < -0.3 is 15.2 Å². The fourth-order valence-electron chi connectivity index (χ4n) is 3.12. The topological polar surface area (TPSA) is 75.6 Å². The Morgan fingerprint density at radius 3 is 2.86 bits per heavy atom. The number of ether oxygens (including phenoxy) is 1. The number of rotatable bonds is 4. The first-order chi connectivity index (χ1) is 10.1. The molecule has 1 aliphatic heterocycles. The molecular weight excluding hydrogens is 270 g/mol. The molecule has 21 heavy (non-hydrogen) atoms. The van der Waals surface area contributed by atoms with Crippen molar-refractivity contribution in [1.29, 1.82) is 0 Å². The van der Waals surface area contributed by atoms with Crippen molar-refractivity contribution in [3.8, 4) is 0 Å². The molecule has 2 unspecified atom stereocenters. The third kappa shape index (κ3) is 3.08. The zero-order valence-corrected chi connectivity index (χ0v) is 11.8. The van der Waals surface area contributed by atoms with Crippen LogP contribution in [0.15, 0.2) is 18.2 Å². The van der Waals surface area contributed by atoms with Crippen molar-refractivity contribution in [2.75, 3.05) is 13.2 Å². The van der Waals surface area contributed by atoms with E-state index in [-0.39, 0.29) is 25.5 Å². The van der Waals surface area contributed by atoms with Gasteiger partial charge in [0.2, 0.25) is 5.91 Å². The van der Waals surface area contributed by atoms with Crippen LogP contribution in [0.25, 0.3) is 0 Å². The van der Waals surface area contributed by atoms with Crippen LogP contribution >= 0.6 is 0 Å². The molecule has 2 aliphatic rings. The number of carboxylic acid groups (broad SMARTS) is 1. The molecule has 3 rings (SSSR count). The predicted octanol–water partition coefficient (Wildman–Crippen LogP) is 0.934. The van der Waals surface area contributed by atoms with Crippen molar-refractivity contribution < 1.29 is 19.4 Å². The largest absolute Gasteiger partial charge is 0.481 e. The van der Waals surface area contributed by atoms with Crippen LogP contribution in [0, 0.1) is 5.92 Å². The minimum atomic E-state index is -0.921. The number of amides is 1. The SMILES string of the molecule is O=C(Cc1ccc2c(c1)CCC2)NC1COCC1C(=O)O. The quantitative estimate of drug-likeness (QED) is 0.865. The highest BCUT2D eigenvalue weighted by Crippen LogP contribution is 2.23. The molecule has 0 spiro atoms. The van der Waals surface area contributed by atoms with E-state index < -0.39 is 17.9 Å². The van der Waals surface area contributed by atoms with Crippen LogP contribution in [-0.4, -0.2) is 36.2 Å². The van der Waals surface area contributed by atoms with E-state index in [1.165, 1.54) is 17.5 Å². The second-order valence-electron chi connectivity index (χ2n) is 5.79. The molecule has 0 saturated carbocycles. The number of hydrogen-bond donors (Lipinski definition) is 2. The fourth-order valence-corrected chi connectivity index (χ4v) is 3.12. The molecule has 1 aliphatic carbocycles. The Labute approximate surface area is 123 Å². The Morgan fingerprint density at radius 2 is 2.05 bits per heavy atom. The van der Waals surface area contributed by atoms with Crippen LogP contribution < -0.4 is 5.32 Å². The van der Waals surface area contributed by atoms with E-state index in [9.17, 15) is 9.59 Å². The average molecular weight is 289 g/mol. The molecule has 2 atom stereocenters. The molecule has 5 heteroatoms. The van der Waals surface area contributed by atoms with Gasteiger partial charge >= 0.3 is 5.97 Å². The average Bonchev–Trinajstić information content (AvgIpc) is 3.06. The molecule has 1 saturated heterocycles. The number of aliphatic carboxylic acids is 1. The number of carbonyl (C=O) groups is 2. The second-order valence-corrected chi connectivity index (χ2v) is 5.79. The molecular formula is C16H19NO4. The summed E-state index contributed by atoms with van der Waals surface area (Å²) >= 11 is 0. The van der Waals surface area contributed by atoms with Gasteiger partial charge in [-0.05, 0) is 36.0 Å². The maximum absolute atomic E-state index is 12.1. The van der Waals surface area contributed by atoms with Gasteiger partial charge in [-0.1, -0.05) is 18.2 Å². The van der Waals surface area contributed by atoms with Crippen LogP contribution in [0.4, 0.5) is 0 Å². The van der Waals surface area contributed by atoms with E-state index >= 15 is 0 Å². The minimum absolute atomic E-state index is 0.144. The van der Waals surface area contributed by atoms with Crippen molar-refractivity contribution in [3.05, 3.63) is 34.9 Å². The third-order valence-electron chi connectivity index (χ3n) is 4.27. The summed E-state index contributed by atoms with van der Waals surface area (Å²) in [5, 5.41) is 11.8. The van der Waals surface area contributed by atoms with Gasteiger partial charge in [0.15, 0.2) is 0 Å². The summed E-state index contributed by atoms with van der Waals surface area (Å²) in [6.07, 6.45) is 3.69. The van der Waals surface area contributed by atoms with Gasteiger partial charge in [-0.15, -0.1) is 0 Å². The molecule has 1 fully saturated rings. The Morgan fingerprint density at radius 1 is 1.24 bits per heavy atom. The van der Waals surface area contributed by atoms with Gasteiger partial charge in [0.25, 0.3) is 0 Å². The van der Waals surface area contributed by atoms with Gasteiger partial charge in [0, 0.05) is 0 Å². The smallest absolute Gasteiger partial charge is 0.311 e. The maximum atomic E-state index is 12.1. The molecule has 1 aromatic rings. The van der Waals surface area contributed by atoms with E-state index in [0.29, 0.717) is 0 Å². The normalized spacial score (nSPS) is 23.8. The summed E-state index contributed by atoms with van der Waals surface area (Å²) in [6.45, 7) is 0.437. The number of benzene rings is 1. The summed E-state index contributed by atoms with van der Waals surface area (Å²) in [4.78, 5) is 23.1. The van der Waals surface area contributed by atoms with Crippen molar-refractivity contribution >= 4 is 11.9 Å². The molecule has 5 nitrogen and oxygen atoms in total. The highest BCUT2D eigenvalue weighted by atomic mass is 16.5. The van der Waals surface area contributed by atoms with E-state index in [0.717, 1.165) is 18.4 Å². The first-order valence-electron chi connectivity index (χ1n) is 7.34. The standard InChI is InChI=1S/C16H19NO4/c18-15(17-14-9-21-8-13(14)16(19)20)7-10-4-5-11-2-1-3-12(11)6-10/h4-6,13-14H,1-3,7-9H2,(H,17,18)(H,19,20). The van der Waals surface area contributed by atoms with Gasteiger partial charge in [-0.2, -0.15) is 0 Å². The zero-order valence-electron chi connectivity index (χ0n) is 11.8. The van der Waals surface area contributed by atoms with Crippen LogP contribution in [0.5, 0.6) is 0 Å². The first-order valence-corrected chi connectivity index (χ1v) is 7.34. The molecule has 112 valence electrons. The van der Waals surface area contributed by atoms with Crippen LogP contribution in [0.3, 0.4) is 0 Å². The van der Waals surface area contributed by atoms with Crippen LogP contribution in [0.1, 0.15) is 23.1 Å². The number of hydrogen-bond acceptors (Lipinski definition) is 3. The van der Waals surface area contributed by atoms with Crippen LogP contribution in [-0.2, 0) is 33.6 Å². The first kappa shape index (κ1) is 14.1. The van der Waals surface area contributed by atoms with Gasteiger partial charge in [0.05, 0.1) is 25.7 Å². The van der Waals surface area contributed by atoms with Crippen molar-refractivity contribution in [3.63, 3.8) is 0 Å². The highest BCUT2D eigenvalue weighted by molar-refractivity contribution is 5.80. The molecule has 2 N–H and O–H groups in total. The predicted molar refractivity (Wildman–Crippen MR) is 76.0 cm³/mol. The summed E-state index contributed by atoms with van der Waals surface area (Å²) in [6, 6.07) is 5.76. The summed E-state index contributed by atoms with van der Waals surface area (Å²) in [5.74, 6) is -1.71. The lowest BCUT2D eigenvalue weighted by Gasteiger charge is -2.15. The van der Waals surface area contributed by atoms with Gasteiger partial charge in [0.1, 0.15) is 5.92 Å². The fraction of sp³-hybridized carbons (Fsp3) is 0.500. The molecule has 0 radical (unpaired) electrons. The molecule has 1 amide bonds. The Hall–Kier alpha value is -1.88. The zero-order chi connectivity index (χ0) is 14.8. The van der Waals surface area contributed by atoms with Crippen molar-refractivity contribution in [1.82, 2.24) is 5.32 Å². The van der Waals surface area contributed by atoms with Crippen molar-refractivity contribution in [2.45, 2.75) is 31.7 Å². The lowest BCUT2D eigenvalue weighted by molar-refractivity contribution is -0.142. The number of nitrogens with one attached hydrogen (secondary N) is 1. The number of aryl methyl sites for hydroxylation is 2. The number of carboxylic acids is 1. The Balaban J connectivity index is 1.60. The molecule has 1 heterocycles. The minimum Gasteiger partial charge on any atom is -0.481 e. The number of fused-ring (bicyclic) bond motifs is 1. The van der Waals surface area contributed by atoms with E-state index in [2.05, 4.69) is 17.4 Å². The molecule has 0 aromatic heterocycles. The Kier molecular flexibility index (Phi) is 3.92. The van der Waals surface area contributed by atoms with E-state index in [4.69, 9.17) is 9.84 Å². The third-order valence-corrected chi connectivity index (χ3v) is 4.27. The summed E-state index contributed by atoms with van der Waals surface area (Å²) < 4.78 is 5.15. The number of carbonyl (C=O) groups excluding carboxylic acids is 1.